The molecule has 0 aromatic heterocycles. The van der Waals surface area contributed by atoms with Crippen LogP contribution in [-0.4, -0.2) is 42.3 Å². The van der Waals surface area contributed by atoms with E-state index in [9.17, 15) is 19.5 Å². The number of hydrogen-bond acceptors (Lipinski definition) is 7. The number of esters is 3. The first-order valence-electron chi connectivity index (χ1n) is 8.14. The van der Waals surface area contributed by atoms with Gasteiger partial charge in [0.1, 0.15) is 5.60 Å². The van der Waals surface area contributed by atoms with E-state index in [1.54, 1.807) is 37.3 Å². The van der Waals surface area contributed by atoms with Crippen molar-refractivity contribution in [3.63, 3.8) is 0 Å². The summed E-state index contributed by atoms with van der Waals surface area (Å²) in [6.07, 6.45) is -1.37. The van der Waals surface area contributed by atoms with Crippen LogP contribution >= 0.6 is 0 Å². The third kappa shape index (κ3) is 2.33. The minimum Gasteiger partial charge on any atom is -0.468 e. The zero-order valence-electron chi connectivity index (χ0n) is 14.1. The van der Waals surface area contributed by atoms with Crippen molar-refractivity contribution in [2.45, 2.75) is 31.5 Å². The Hall–Kier alpha value is -2.41. The maximum atomic E-state index is 12.7. The van der Waals surface area contributed by atoms with Crippen LogP contribution in [0.2, 0.25) is 0 Å². The number of hydrogen-bond donors (Lipinski definition) is 1. The molecule has 1 saturated carbocycles. The number of ether oxygens (including phenoxy) is 3. The predicted molar refractivity (Wildman–Crippen MR) is 84.0 cm³/mol. The third-order valence-electron chi connectivity index (χ3n) is 5.11. The minimum atomic E-state index is -1.93. The molecule has 4 atom stereocenters. The maximum absolute atomic E-state index is 12.7. The lowest BCUT2D eigenvalue weighted by Crippen LogP contribution is -2.51. The normalized spacial score (nSPS) is 33.5. The first-order valence-corrected chi connectivity index (χ1v) is 8.14. The molecule has 1 aliphatic carbocycles. The monoisotopic (exact) mass is 348 g/mol. The number of rotatable bonds is 4. The SMILES string of the molecule is CCOC(=O)C1C[C@]2(C(=O)OC)C(=O)O[C@H](c3ccccc3)[C@]2(O)C1. The molecule has 1 aliphatic heterocycles. The molecule has 134 valence electrons. The van der Waals surface area contributed by atoms with Crippen molar-refractivity contribution >= 4 is 17.9 Å². The fourth-order valence-electron chi connectivity index (χ4n) is 3.98. The molecule has 1 saturated heterocycles. The molecule has 1 aromatic rings. The van der Waals surface area contributed by atoms with Crippen LogP contribution in [0.25, 0.3) is 0 Å². The van der Waals surface area contributed by atoms with Gasteiger partial charge in [0.15, 0.2) is 11.5 Å². The molecule has 1 aromatic carbocycles. The summed E-state index contributed by atoms with van der Waals surface area (Å²) in [5, 5.41) is 11.4. The number of cyclic esters (lactones) is 1. The summed E-state index contributed by atoms with van der Waals surface area (Å²) in [6.45, 7) is 1.84. The van der Waals surface area contributed by atoms with Crippen LogP contribution in [0.5, 0.6) is 0 Å². The van der Waals surface area contributed by atoms with Crippen LogP contribution < -0.4 is 0 Å². The van der Waals surface area contributed by atoms with E-state index < -0.39 is 40.9 Å². The second-order valence-electron chi connectivity index (χ2n) is 6.37. The highest BCUT2D eigenvalue weighted by atomic mass is 16.6. The van der Waals surface area contributed by atoms with Crippen LogP contribution in [-0.2, 0) is 28.6 Å². The second kappa shape index (κ2) is 6.15. The van der Waals surface area contributed by atoms with Crippen LogP contribution in [0.1, 0.15) is 31.4 Å². The summed E-state index contributed by atoms with van der Waals surface area (Å²) in [7, 11) is 1.14. The molecular formula is C18H20O7. The minimum absolute atomic E-state index is 0.119. The highest BCUT2D eigenvalue weighted by Crippen LogP contribution is 2.62. The zero-order chi connectivity index (χ0) is 18.2. The van der Waals surface area contributed by atoms with Gasteiger partial charge < -0.3 is 19.3 Å². The first-order chi connectivity index (χ1) is 11.9. The van der Waals surface area contributed by atoms with Gasteiger partial charge in [-0.3, -0.25) is 14.4 Å². The number of fused-ring (bicyclic) bond motifs is 1. The van der Waals surface area contributed by atoms with Gasteiger partial charge in [-0.15, -0.1) is 0 Å². The molecule has 7 nitrogen and oxygen atoms in total. The summed E-state index contributed by atoms with van der Waals surface area (Å²) in [4.78, 5) is 37.3. The summed E-state index contributed by atoms with van der Waals surface area (Å²) in [6, 6.07) is 8.65. The van der Waals surface area contributed by atoms with E-state index in [-0.39, 0.29) is 19.4 Å². The van der Waals surface area contributed by atoms with Crippen molar-refractivity contribution in [2.75, 3.05) is 13.7 Å². The smallest absolute Gasteiger partial charge is 0.327 e. The zero-order valence-corrected chi connectivity index (χ0v) is 14.1. The number of aliphatic hydroxyl groups is 1. The lowest BCUT2D eigenvalue weighted by Gasteiger charge is -2.32. The van der Waals surface area contributed by atoms with Crippen LogP contribution in [0, 0.1) is 11.3 Å². The van der Waals surface area contributed by atoms with Crippen molar-refractivity contribution in [2.24, 2.45) is 11.3 Å². The summed E-state index contributed by atoms with van der Waals surface area (Å²) < 4.78 is 15.2. The van der Waals surface area contributed by atoms with Crippen LogP contribution in [0.3, 0.4) is 0 Å². The van der Waals surface area contributed by atoms with E-state index in [4.69, 9.17) is 14.2 Å². The van der Waals surface area contributed by atoms with E-state index in [2.05, 4.69) is 0 Å². The molecule has 0 spiro atoms. The average molecular weight is 348 g/mol. The molecule has 3 rings (SSSR count). The fourth-order valence-corrected chi connectivity index (χ4v) is 3.98. The second-order valence-corrected chi connectivity index (χ2v) is 6.37. The Morgan fingerprint density at radius 1 is 1.28 bits per heavy atom. The molecule has 1 unspecified atom stereocenters. The van der Waals surface area contributed by atoms with Gasteiger partial charge in [-0.05, 0) is 25.3 Å². The maximum Gasteiger partial charge on any atom is 0.327 e. The van der Waals surface area contributed by atoms with E-state index >= 15 is 0 Å². The van der Waals surface area contributed by atoms with Crippen molar-refractivity contribution in [1.29, 1.82) is 0 Å². The van der Waals surface area contributed by atoms with Crippen LogP contribution in [0.4, 0.5) is 0 Å². The number of carbonyl (C=O) groups is 3. The standard InChI is InChI=1S/C18H20O7/c1-3-24-14(19)12-9-17(15(20)23-2)16(21)25-13(18(17,22)10-12)11-7-5-4-6-8-11/h4-8,12-13,22H,3,9-10H2,1-2H3/t12?,13-,17+,18-/m1/s1. The Morgan fingerprint density at radius 2 is 1.96 bits per heavy atom. The van der Waals surface area contributed by atoms with Crippen molar-refractivity contribution in [3.05, 3.63) is 35.9 Å². The van der Waals surface area contributed by atoms with Crippen LogP contribution in [0.15, 0.2) is 30.3 Å². The summed E-state index contributed by atoms with van der Waals surface area (Å²) in [5.41, 5.74) is -3.26. The quantitative estimate of drug-likeness (QED) is 0.495. The highest BCUT2D eigenvalue weighted by Gasteiger charge is 2.77. The van der Waals surface area contributed by atoms with Crippen molar-refractivity contribution in [3.8, 4) is 0 Å². The van der Waals surface area contributed by atoms with Crippen molar-refractivity contribution < 1.29 is 33.7 Å². The van der Waals surface area contributed by atoms with Gasteiger partial charge >= 0.3 is 17.9 Å². The molecule has 0 radical (unpaired) electrons. The van der Waals surface area contributed by atoms with E-state index in [0.717, 1.165) is 7.11 Å². The molecule has 1 heterocycles. The third-order valence-corrected chi connectivity index (χ3v) is 5.11. The molecule has 0 bridgehead atoms. The molecule has 0 amide bonds. The largest absolute Gasteiger partial charge is 0.468 e. The number of carbonyl (C=O) groups excluding carboxylic acids is 3. The van der Waals surface area contributed by atoms with Gasteiger partial charge in [0.2, 0.25) is 0 Å². The summed E-state index contributed by atoms with van der Waals surface area (Å²) >= 11 is 0. The molecule has 7 heteroatoms. The topological polar surface area (TPSA) is 99.1 Å². The van der Waals surface area contributed by atoms with E-state index in [1.165, 1.54) is 0 Å². The summed E-state index contributed by atoms with van der Waals surface area (Å²) in [5.74, 6) is -3.11. The van der Waals surface area contributed by atoms with E-state index in [1.807, 2.05) is 0 Å². The van der Waals surface area contributed by atoms with Gasteiger partial charge in [0.05, 0.1) is 19.6 Å². The Kier molecular flexibility index (Phi) is 4.28. The lowest BCUT2D eigenvalue weighted by molar-refractivity contribution is -0.169. The predicted octanol–water partition coefficient (Wildman–Crippen LogP) is 1.15. The fraction of sp³-hybridized carbons (Fsp3) is 0.500. The first kappa shape index (κ1) is 17.4. The molecule has 2 fully saturated rings. The molecule has 1 N–H and O–H groups in total. The van der Waals surface area contributed by atoms with Gasteiger partial charge in [-0.25, -0.2) is 0 Å². The Labute approximate surface area is 144 Å². The Bertz CT molecular complexity index is 701. The Balaban J connectivity index is 2.07. The average Bonchev–Trinajstić information content (AvgIpc) is 3.05. The van der Waals surface area contributed by atoms with Gasteiger partial charge in [0, 0.05) is 0 Å². The molecule has 2 aliphatic rings. The number of benzene rings is 1. The van der Waals surface area contributed by atoms with E-state index in [0.29, 0.717) is 5.56 Å². The molecule has 25 heavy (non-hydrogen) atoms. The Morgan fingerprint density at radius 3 is 2.56 bits per heavy atom. The lowest BCUT2D eigenvalue weighted by atomic mass is 9.72. The van der Waals surface area contributed by atoms with Crippen molar-refractivity contribution in [1.82, 2.24) is 0 Å². The van der Waals surface area contributed by atoms with Gasteiger partial charge in [0.25, 0.3) is 0 Å². The number of methoxy groups -OCH3 is 1. The van der Waals surface area contributed by atoms with Gasteiger partial charge in [-0.1, -0.05) is 30.3 Å². The van der Waals surface area contributed by atoms with Gasteiger partial charge in [-0.2, -0.15) is 0 Å². The highest BCUT2D eigenvalue weighted by molar-refractivity contribution is 6.04. The molecular weight excluding hydrogens is 328 g/mol.